The van der Waals surface area contributed by atoms with E-state index in [2.05, 4.69) is 15.8 Å². The van der Waals surface area contributed by atoms with Crippen LogP contribution in [0, 0.1) is 0 Å². The molecule has 0 radical (unpaired) electrons. The van der Waals surface area contributed by atoms with E-state index < -0.39 is 23.6 Å². The van der Waals surface area contributed by atoms with Gasteiger partial charge in [-0.3, -0.25) is 9.59 Å². The lowest BCUT2D eigenvalue weighted by Gasteiger charge is -2.13. The lowest BCUT2D eigenvalue weighted by molar-refractivity contribution is -0.137. The second-order valence-electron chi connectivity index (χ2n) is 7.01. The maximum atomic E-state index is 12.8. The summed E-state index contributed by atoms with van der Waals surface area (Å²) in [6.07, 6.45) is -3.34. The van der Waals surface area contributed by atoms with E-state index in [1.165, 1.54) is 31.5 Å². The zero-order chi connectivity index (χ0) is 25.4. The SMILES string of the molecule is COc1cc(/C=N\NC(=O)c2cccc(C(F)(F)F)c2)cc(Cl)c1OCC(=O)Nc1ccccc1. The number of amides is 2. The Morgan fingerprint density at radius 2 is 1.80 bits per heavy atom. The maximum absolute atomic E-state index is 12.8. The molecule has 0 heterocycles. The molecule has 0 bridgehead atoms. The van der Waals surface area contributed by atoms with Gasteiger partial charge in [0.15, 0.2) is 18.1 Å². The Labute approximate surface area is 203 Å². The number of benzene rings is 3. The third-order valence-corrected chi connectivity index (χ3v) is 4.77. The van der Waals surface area contributed by atoms with Gasteiger partial charge in [0.1, 0.15) is 0 Å². The van der Waals surface area contributed by atoms with Crippen LogP contribution in [0.2, 0.25) is 5.02 Å². The minimum absolute atomic E-state index is 0.113. The summed E-state index contributed by atoms with van der Waals surface area (Å²) in [5, 5.41) is 6.54. The van der Waals surface area contributed by atoms with Crippen molar-refractivity contribution >= 4 is 35.3 Å². The van der Waals surface area contributed by atoms with Crippen molar-refractivity contribution in [3.05, 3.63) is 88.4 Å². The molecule has 2 N–H and O–H groups in total. The monoisotopic (exact) mass is 505 g/mol. The fraction of sp³-hybridized carbons (Fsp3) is 0.125. The Morgan fingerprint density at radius 1 is 1.06 bits per heavy atom. The third-order valence-electron chi connectivity index (χ3n) is 4.49. The highest BCUT2D eigenvalue weighted by atomic mass is 35.5. The summed E-state index contributed by atoms with van der Waals surface area (Å²) in [6, 6.07) is 15.7. The Balaban J connectivity index is 1.64. The van der Waals surface area contributed by atoms with Crippen LogP contribution in [0.1, 0.15) is 21.5 Å². The topological polar surface area (TPSA) is 89.0 Å². The van der Waals surface area contributed by atoms with E-state index in [-0.39, 0.29) is 28.7 Å². The minimum atomic E-state index is -4.57. The van der Waals surface area contributed by atoms with Crippen molar-refractivity contribution < 1.29 is 32.2 Å². The number of para-hydroxylation sites is 1. The summed E-state index contributed by atoms with van der Waals surface area (Å²) in [6.45, 7) is -0.328. The fourth-order valence-electron chi connectivity index (χ4n) is 2.88. The van der Waals surface area contributed by atoms with Crippen molar-refractivity contribution in [1.29, 1.82) is 0 Å². The lowest BCUT2D eigenvalue weighted by Crippen LogP contribution is -2.20. The summed E-state index contributed by atoms with van der Waals surface area (Å²) in [4.78, 5) is 24.3. The van der Waals surface area contributed by atoms with E-state index in [0.29, 0.717) is 11.3 Å². The number of anilines is 1. The Hall–Kier alpha value is -4.05. The van der Waals surface area contributed by atoms with Crippen molar-refractivity contribution in [3.8, 4) is 11.5 Å². The first kappa shape index (κ1) is 25.6. The average Bonchev–Trinajstić information content (AvgIpc) is 2.83. The largest absolute Gasteiger partial charge is 0.493 e. The summed E-state index contributed by atoms with van der Waals surface area (Å²) in [7, 11) is 1.37. The van der Waals surface area contributed by atoms with Crippen molar-refractivity contribution in [3.63, 3.8) is 0 Å². The van der Waals surface area contributed by atoms with E-state index >= 15 is 0 Å². The first-order valence-electron chi connectivity index (χ1n) is 10.0. The fourth-order valence-corrected chi connectivity index (χ4v) is 3.15. The van der Waals surface area contributed by atoms with E-state index in [9.17, 15) is 22.8 Å². The van der Waals surface area contributed by atoms with E-state index in [0.717, 1.165) is 18.2 Å². The number of hydrazone groups is 1. The molecule has 0 aliphatic heterocycles. The number of carbonyl (C=O) groups excluding carboxylic acids is 2. The van der Waals surface area contributed by atoms with Crippen LogP contribution in [0.15, 0.2) is 71.8 Å². The normalized spacial score (nSPS) is 11.2. The maximum Gasteiger partial charge on any atom is 0.416 e. The quantitative estimate of drug-likeness (QED) is 0.327. The first-order valence-corrected chi connectivity index (χ1v) is 10.4. The molecule has 11 heteroatoms. The van der Waals surface area contributed by atoms with Crippen LogP contribution in [-0.4, -0.2) is 31.7 Å². The molecule has 0 aliphatic carbocycles. The molecule has 0 saturated carbocycles. The summed E-state index contributed by atoms with van der Waals surface area (Å²) < 4.78 is 49.3. The van der Waals surface area contributed by atoms with Crippen LogP contribution in [0.4, 0.5) is 18.9 Å². The van der Waals surface area contributed by atoms with Crippen molar-refractivity contribution in [2.45, 2.75) is 6.18 Å². The molecule has 182 valence electrons. The number of ether oxygens (including phenoxy) is 2. The number of hydrogen-bond donors (Lipinski definition) is 2. The zero-order valence-corrected chi connectivity index (χ0v) is 19.0. The van der Waals surface area contributed by atoms with Gasteiger partial charge in [0, 0.05) is 11.3 Å². The van der Waals surface area contributed by atoms with Gasteiger partial charge in [0.25, 0.3) is 11.8 Å². The molecule has 0 fully saturated rings. The van der Waals surface area contributed by atoms with Gasteiger partial charge in [-0.1, -0.05) is 35.9 Å². The van der Waals surface area contributed by atoms with Crippen LogP contribution >= 0.6 is 11.6 Å². The van der Waals surface area contributed by atoms with E-state index in [4.69, 9.17) is 21.1 Å². The Kier molecular flexibility index (Phi) is 8.32. The van der Waals surface area contributed by atoms with Crippen LogP contribution in [0.5, 0.6) is 11.5 Å². The average molecular weight is 506 g/mol. The summed E-state index contributed by atoms with van der Waals surface area (Å²) in [5.74, 6) is -0.898. The molecule has 0 spiro atoms. The molecule has 0 aliphatic rings. The van der Waals surface area contributed by atoms with Crippen LogP contribution in [-0.2, 0) is 11.0 Å². The molecule has 0 saturated heterocycles. The number of methoxy groups -OCH3 is 1. The lowest BCUT2D eigenvalue weighted by atomic mass is 10.1. The second kappa shape index (κ2) is 11.4. The van der Waals surface area contributed by atoms with Crippen LogP contribution < -0.4 is 20.2 Å². The van der Waals surface area contributed by atoms with Crippen LogP contribution in [0.25, 0.3) is 0 Å². The molecule has 3 aromatic rings. The molecule has 3 rings (SSSR count). The Morgan fingerprint density at radius 3 is 2.49 bits per heavy atom. The highest BCUT2D eigenvalue weighted by Crippen LogP contribution is 2.36. The first-order chi connectivity index (χ1) is 16.7. The molecule has 35 heavy (non-hydrogen) atoms. The standard InChI is InChI=1S/C24H19ClF3N3O4/c1-34-20-11-15(13-29-31-23(33)16-6-5-7-17(12-16)24(26,27)28)10-19(25)22(20)35-14-21(32)30-18-8-3-2-4-9-18/h2-13H,14H2,1H3,(H,30,32)(H,31,33)/b29-13-. The predicted molar refractivity (Wildman–Crippen MR) is 125 cm³/mol. The summed E-state index contributed by atoms with van der Waals surface area (Å²) >= 11 is 6.26. The number of nitrogens with one attached hydrogen (secondary N) is 2. The molecule has 0 unspecified atom stereocenters. The van der Waals surface area contributed by atoms with Gasteiger partial charge in [-0.15, -0.1) is 0 Å². The molecule has 0 atom stereocenters. The van der Waals surface area contributed by atoms with Gasteiger partial charge in [0.05, 0.1) is 23.9 Å². The van der Waals surface area contributed by atoms with Gasteiger partial charge in [-0.05, 0) is 48.0 Å². The second-order valence-corrected chi connectivity index (χ2v) is 7.42. The van der Waals surface area contributed by atoms with E-state index in [1.54, 1.807) is 24.3 Å². The number of alkyl halides is 3. The number of rotatable bonds is 8. The predicted octanol–water partition coefficient (Wildman–Crippen LogP) is 5.15. The van der Waals surface area contributed by atoms with Gasteiger partial charge in [-0.25, -0.2) is 5.43 Å². The highest BCUT2D eigenvalue weighted by molar-refractivity contribution is 6.32. The van der Waals surface area contributed by atoms with E-state index in [1.807, 2.05) is 6.07 Å². The third kappa shape index (κ3) is 7.21. The minimum Gasteiger partial charge on any atom is -0.493 e. The van der Waals surface area contributed by atoms with Crippen molar-refractivity contribution in [2.75, 3.05) is 19.0 Å². The molecular weight excluding hydrogens is 487 g/mol. The number of carbonyl (C=O) groups is 2. The number of hydrogen-bond acceptors (Lipinski definition) is 5. The van der Waals surface area contributed by atoms with Crippen molar-refractivity contribution in [1.82, 2.24) is 5.43 Å². The smallest absolute Gasteiger partial charge is 0.416 e. The zero-order valence-electron chi connectivity index (χ0n) is 18.2. The van der Waals surface area contributed by atoms with Gasteiger partial charge >= 0.3 is 6.18 Å². The summed E-state index contributed by atoms with van der Waals surface area (Å²) in [5.41, 5.74) is 2.02. The molecule has 2 amide bonds. The van der Waals surface area contributed by atoms with Gasteiger partial charge in [-0.2, -0.15) is 18.3 Å². The van der Waals surface area contributed by atoms with Gasteiger partial charge in [0.2, 0.25) is 0 Å². The molecule has 3 aromatic carbocycles. The Bertz CT molecular complexity index is 1230. The van der Waals surface area contributed by atoms with Gasteiger partial charge < -0.3 is 14.8 Å². The van der Waals surface area contributed by atoms with Crippen LogP contribution in [0.3, 0.4) is 0 Å². The van der Waals surface area contributed by atoms with Crippen molar-refractivity contribution in [2.24, 2.45) is 5.10 Å². The number of nitrogens with zero attached hydrogens (tertiary/aromatic N) is 1. The molecule has 0 aromatic heterocycles. The molecular formula is C24H19ClF3N3O4. The molecule has 7 nitrogen and oxygen atoms in total. The highest BCUT2D eigenvalue weighted by Gasteiger charge is 2.30. The number of halogens is 4.